The fourth-order valence-electron chi connectivity index (χ4n) is 1.91. The van der Waals surface area contributed by atoms with Crippen LogP contribution in [0.25, 0.3) is 0 Å². The van der Waals surface area contributed by atoms with E-state index >= 15 is 0 Å². The van der Waals surface area contributed by atoms with Crippen molar-refractivity contribution in [3.05, 3.63) is 35.4 Å². The molecule has 0 spiro atoms. The number of nitrogens with two attached hydrogens (primary N) is 1. The highest BCUT2D eigenvalue weighted by Gasteiger charge is 2.09. The zero-order valence-corrected chi connectivity index (χ0v) is 11.5. The minimum atomic E-state index is -0.207. The van der Waals surface area contributed by atoms with Crippen molar-refractivity contribution in [1.29, 1.82) is 0 Å². The van der Waals surface area contributed by atoms with Crippen LogP contribution in [0.15, 0.2) is 24.3 Å². The van der Waals surface area contributed by atoms with E-state index in [1.54, 1.807) is 0 Å². The number of carbonyl (C=O) groups excluding carboxylic acids is 1. The molecule has 1 aromatic rings. The summed E-state index contributed by atoms with van der Waals surface area (Å²) in [4.78, 5) is 11.0. The Morgan fingerprint density at radius 3 is 2.39 bits per heavy atom. The van der Waals surface area contributed by atoms with Gasteiger partial charge in [0.15, 0.2) is 0 Å². The lowest BCUT2D eigenvalue weighted by Crippen LogP contribution is -2.13. The van der Waals surface area contributed by atoms with Crippen LogP contribution in [0.2, 0.25) is 0 Å². The van der Waals surface area contributed by atoms with Gasteiger partial charge in [-0.2, -0.15) is 0 Å². The molecule has 3 nitrogen and oxygen atoms in total. The summed E-state index contributed by atoms with van der Waals surface area (Å²) in [5.41, 5.74) is 8.44. The molecule has 0 saturated heterocycles. The van der Waals surface area contributed by atoms with E-state index < -0.39 is 0 Å². The molecule has 18 heavy (non-hydrogen) atoms. The molecule has 0 aromatic heterocycles. The maximum Gasteiger partial charge on any atom is 0.305 e. The molecule has 0 radical (unpaired) electrons. The minimum absolute atomic E-state index is 0.0998. The molecular formula is C15H23NO2. The number of methoxy groups -OCH3 is 1. The van der Waals surface area contributed by atoms with E-state index in [0.29, 0.717) is 18.8 Å². The summed E-state index contributed by atoms with van der Waals surface area (Å²) in [5.74, 6) is 0.450. The van der Waals surface area contributed by atoms with Gasteiger partial charge in [-0.25, -0.2) is 0 Å². The number of hydrogen-bond acceptors (Lipinski definition) is 3. The van der Waals surface area contributed by atoms with E-state index in [4.69, 9.17) is 5.73 Å². The Hall–Kier alpha value is -1.35. The Balaban J connectivity index is 2.53. The molecule has 1 rings (SSSR count). The maximum atomic E-state index is 11.0. The van der Waals surface area contributed by atoms with Crippen LogP contribution >= 0.6 is 0 Å². The molecule has 0 aliphatic carbocycles. The van der Waals surface area contributed by atoms with Gasteiger partial charge in [-0.05, 0) is 29.9 Å². The van der Waals surface area contributed by atoms with Crippen molar-refractivity contribution >= 4 is 5.97 Å². The first-order valence-corrected chi connectivity index (χ1v) is 6.44. The standard InChI is InChI=1S/C15H23NO2/c1-11(2)10-12-4-6-13(7-5-12)14(16)8-9-15(17)18-3/h4-7,11,14H,8-10,16H2,1-3H3. The second-order valence-electron chi connectivity index (χ2n) is 5.06. The second kappa shape index (κ2) is 7.17. The lowest BCUT2D eigenvalue weighted by molar-refractivity contribution is -0.140. The van der Waals surface area contributed by atoms with Crippen molar-refractivity contribution in [3.63, 3.8) is 0 Å². The van der Waals surface area contributed by atoms with Gasteiger partial charge in [0.2, 0.25) is 0 Å². The average molecular weight is 249 g/mol. The molecular weight excluding hydrogens is 226 g/mol. The fraction of sp³-hybridized carbons (Fsp3) is 0.533. The van der Waals surface area contributed by atoms with Crippen LogP contribution in [-0.4, -0.2) is 13.1 Å². The molecule has 0 saturated carbocycles. The van der Waals surface area contributed by atoms with E-state index in [1.165, 1.54) is 12.7 Å². The number of hydrogen-bond donors (Lipinski definition) is 1. The van der Waals surface area contributed by atoms with Crippen LogP contribution in [0, 0.1) is 5.92 Å². The Labute approximate surface area is 109 Å². The maximum absolute atomic E-state index is 11.0. The van der Waals surface area contributed by atoms with Crippen LogP contribution < -0.4 is 5.73 Å². The molecule has 1 atom stereocenters. The fourth-order valence-corrected chi connectivity index (χ4v) is 1.91. The Bertz CT molecular complexity index is 371. The molecule has 0 bridgehead atoms. The van der Waals surface area contributed by atoms with Gasteiger partial charge in [-0.1, -0.05) is 38.1 Å². The van der Waals surface area contributed by atoms with Gasteiger partial charge in [-0.15, -0.1) is 0 Å². The zero-order valence-electron chi connectivity index (χ0n) is 11.5. The molecule has 100 valence electrons. The van der Waals surface area contributed by atoms with Crippen molar-refractivity contribution in [2.75, 3.05) is 7.11 Å². The molecule has 1 unspecified atom stereocenters. The van der Waals surface area contributed by atoms with Gasteiger partial charge in [0, 0.05) is 12.5 Å². The lowest BCUT2D eigenvalue weighted by Gasteiger charge is -2.12. The third kappa shape index (κ3) is 4.88. The van der Waals surface area contributed by atoms with Gasteiger partial charge in [0.25, 0.3) is 0 Å². The largest absolute Gasteiger partial charge is 0.469 e. The number of ether oxygens (including phenoxy) is 1. The van der Waals surface area contributed by atoms with Gasteiger partial charge in [-0.3, -0.25) is 4.79 Å². The van der Waals surface area contributed by atoms with Gasteiger partial charge >= 0.3 is 5.97 Å². The molecule has 3 heteroatoms. The van der Waals surface area contributed by atoms with Crippen molar-refractivity contribution in [1.82, 2.24) is 0 Å². The topological polar surface area (TPSA) is 52.3 Å². The summed E-state index contributed by atoms with van der Waals surface area (Å²) in [7, 11) is 1.40. The summed E-state index contributed by atoms with van der Waals surface area (Å²) in [6.07, 6.45) is 2.07. The van der Waals surface area contributed by atoms with Gasteiger partial charge in [0.1, 0.15) is 0 Å². The summed E-state index contributed by atoms with van der Waals surface area (Å²) in [6.45, 7) is 4.41. The number of rotatable bonds is 6. The van der Waals surface area contributed by atoms with Crippen LogP contribution in [0.5, 0.6) is 0 Å². The summed E-state index contributed by atoms with van der Waals surface area (Å²) >= 11 is 0. The smallest absolute Gasteiger partial charge is 0.305 e. The quantitative estimate of drug-likeness (QED) is 0.789. The summed E-state index contributed by atoms with van der Waals surface area (Å²) in [5, 5.41) is 0. The van der Waals surface area contributed by atoms with Crippen LogP contribution in [0.1, 0.15) is 43.9 Å². The van der Waals surface area contributed by atoms with Crippen molar-refractivity contribution in [2.24, 2.45) is 11.7 Å². The third-order valence-electron chi connectivity index (χ3n) is 2.94. The number of esters is 1. The highest BCUT2D eigenvalue weighted by molar-refractivity contribution is 5.69. The number of benzene rings is 1. The molecule has 0 aliphatic rings. The van der Waals surface area contributed by atoms with Crippen molar-refractivity contribution in [3.8, 4) is 0 Å². The van der Waals surface area contributed by atoms with E-state index in [-0.39, 0.29) is 12.0 Å². The van der Waals surface area contributed by atoms with E-state index in [2.05, 4.69) is 42.8 Å². The van der Waals surface area contributed by atoms with Crippen LogP contribution in [0.4, 0.5) is 0 Å². The normalized spacial score (nSPS) is 12.5. The van der Waals surface area contributed by atoms with Gasteiger partial charge in [0.05, 0.1) is 7.11 Å². The molecule has 1 aromatic carbocycles. The first-order valence-electron chi connectivity index (χ1n) is 6.44. The Morgan fingerprint density at radius 2 is 1.89 bits per heavy atom. The summed E-state index contributed by atoms with van der Waals surface area (Å²) in [6, 6.07) is 8.25. The second-order valence-corrected chi connectivity index (χ2v) is 5.06. The predicted molar refractivity (Wildman–Crippen MR) is 73.2 cm³/mol. The van der Waals surface area contributed by atoms with E-state index in [0.717, 1.165) is 12.0 Å². The SMILES string of the molecule is COC(=O)CCC(N)c1ccc(CC(C)C)cc1. The zero-order chi connectivity index (χ0) is 13.5. The molecule has 0 fully saturated rings. The highest BCUT2D eigenvalue weighted by Crippen LogP contribution is 2.18. The average Bonchev–Trinajstić information content (AvgIpc) is 2.35. The van der Waals surface area contributed by atoms with E-state index in [1.807, 2.05) is 0 Å². The number of carbonyl (C=O) groups is 1. The molecule has 2 N–H and O–H groups in total. The first-order chi connectivity index (χ1) is 8.52. The van der Waals surface area contributed by atoms with Crippen molar-refractivity contribution < 1.29 is 9.53 Å². The molecule has 0 heterocycles. The van der Waals surface area contributed by atoms with Gasteiger partial charge < -0.3 is 10.5 Å². The monoisotopic (exact) mass is 249 g/mol. The summed E-state index contributed by atoms with van der Waals surface area (Å²) < 4.78 is 4.60. The highest BCUT2D eigenvalue weighted by atomic mass is 16.5. The Morgan fingerprint density at radius 1 is 1.28 bits per heavy atom. The Kier molecular flexibility index (Phi) is 5.86. The predicted octanol–water partition coefficient (Wildman–Crippen LogP) is 2.84. The first kappa shape index (κ1) is 14.7. The third-order valence-corrected chi connectivity index (χ3v) is 2.94. The van der Waals surface area contributed by atoms with Crippen LogP contribution in [0.3, 0.4) is 0 Å². The van der Waals surface area contributed by atoms with E-state index in [9.17, 15) is 4.79 Å². The lowest BCUT2D eigenvalue weighted by atomic mass is 9.98. The minimum Gasteiger partial charge on any atom is -0.469 e. The van der Waals surface area contributed by atoms with Crippen molar-refractivity contribution in [2.45, 2.75) is 39.2 Å². The molecule has 0 aliphatic heterocycles. The molecule has 0 amide bonds. The van der Waals surface area contributed by atoms with Crippen LogP contribution in [-0.2, 0) is 16.0 Å².